The smallest absolute Gasteiger partial charge is 0.143 e. The molecule has 2 atom stereocenters. The average molecular weight is 655 g/mol. The van der Waals surface area contributed by atoms with E-state index in [0.29, 0.717) is 0 Å². The minimum absolute atomic E-state index is 0.0971. The van der Waals surface area contributed by atoms with E-state index in [2.05, 4.69) is 193 Å². The number of hydrogen-bond donors (Lipinski definition) is 2. The summed E-state index contributed by atoms with van der Waals surface area (Å²) >= 11 is 0. The lowest BCUT2D eigenvalue weighted by Crippen LogP contribution is -2.39. The number of rotatable bonds is 5. The maximum absolute atomic E-state index is 6.92. The molecule has 0 saturated carbocycles. The van der Waals surface area contributed by atoms with Crippen LogP contribution in [0.3, 0.4) is 0 Å². The highest BCUT2D eigenvalue weighted by Crippen LogP contribution is 2.44. The Morgan fingerprint density at radius 3 is 1.80 bits per heavy atom. The molecule has 8 aromatic carbocycles. The molecule has 10 rings (SSSR count). The normalized spacial score (nSPS) is 16.0. The van der Waals surface area contributed by atoms with Crippen LogP contribution in [-0.2, 0) is 0 Å². The summed E-state index contributed by atoms with van der Waals surface area (Å²) in [6.45, 7) is 0. The molecule has 1 aromatic heterocycles. The van der Waals surface area contributed by atoms with E-state index in [1.54, 1.807) is 0 Å². The summed E-state index contributed by atoms with van der Waals surface area (Å²) in [5.41, 5.74) is 11.2. The second kappa shape index (κ2) is 12.2. The lowest BCUT2D eigenvalue weighted by molar-refractivity contribution is 0.444. The van der Waals surface area contributed by atoms with Crippen LogP contribution in [0.2, 0.25) is 0 Å². The molecule has 51 heavy (non-hydrogen) atoms. The summed E-state index contributed by atoms with van der Waals surface area (Å²) in [5, 5.41) is 14.8. The highest BCUT2D eigenvalue weighted by molar-refractivity contribution is 6.17. The molecular formula is C48H34N2O. The first-order valence-corrected chi connectivity index (χ1v) is 17.6. The van der Waals surface area contributed by atoms with Crippen LogP contribution >= 0.6 is 0 Å². The van der Waals surface area contributed by atoms with Crippen LogP contribution in [0.1, 0.15) is 28.9 Å². The Morgan fingerprint density at radius 2 is 1.08 bits per heavy atom. The van der Waals surface area contributed by atoms with Gasteiger partial charge in [-0.05, 0) is 79.4 Å². The van der Waals surface area contributed by atoms with Gasteiger partial charge in [0.2, 0.25) is 0 Å². The summed E-state index contributed by atoms with van der Waals surface area (Å²) in [4.78, 5) is 0. The van der Waals surface area contributed by atoms with Crippen molar-refractivity contribution in [3.8, 4) is 22.3 Å². The minimum atomic E-state index is -0.115. The summed E-state index contributed by atoms with van der Waals surface area (Å²) < 4.78 is 6.92. The van der Waals surface area contributed by atoms with E-state index < -0.39 is 0 Å². The summed E-state index contributed by atoms with van der Waals surface area (Å²) in [6.07, 6.45) is 2.24. The van der Waals surface area contributed by atoms with E-state index in [-0.39, 0.29) is 12.2 Å². The van der Waals surface area contributed by atoms with E-state index >= 15 is 0 Å². The largest absolute Gasteiger partial charge is 0.455 e. The van der Waals surface area contributed by atoms with Crippen molar-refractivity contribution in [2.45, 2.75) is 12.2 Å². The topological polar surface area (TPSA) is 37.2 Å². The Morgan fingerprint density at radius 1 is 0.471 bits per heavy atom. The van der Waals surface area contributed by atoms with Crippen LogP contribution in [0.25, 0.3) is 71.4 Å². The van der Waals surface area contributed by atoms with Crippen molar-refractivity contribution in [1.29, 1.82) is 0 Å². The number of fused-ring (bicyclic) bond motifs is 6. The third-order valence-corrected chi connectivity index (χ3v) is 10.3. The van der Waals surface area contributed by atoms with Gasteiger partial charge in [0.1, 0.15) is 17.3 Å². The van der Waals surface area contributed by atoms with Crippen LogP contribution in [-0.4, -0.2) is 0 Å². The zero-order valence-corrected chi connectivity index (χ0v) is 27.9. The molecule has 1 aliphatic rings. The summed E-state index contributed by atoms with van der Waals surface area (Å²) in [6, 6.07) is 62.7. The van der Waals surface area contributed by atoms with Gasteiger partial charge in [-0.1, -0.05) is 158 Å². The van der Waals surface area contributed by atoms with Crippen molar-refractivity contribution in [2.75, 3.05) is 0 Å². The monoisotopic (exact) mass is 654 g/mol. The van der Waals surface area contributed by atoms with Crippen molar-refractivity contribution in [1.82, 2.24) is 10.6 Å². The molecule has 2 heterocycles. The Balaban J connectivity index is 1.24. The van der Waals surface area contributed by atoms with Crippen LogP contribution < -0.4 is 10.6 Å². The van der Waals surface area contributed by atoms with Crippen molar-refractivity contribution in [3.05, 3.63) is 199 Å². The Kier molecular flexibility index (Phi) is 7.04. The van der Waals surface area contributed by atoms with Crippen LogP contribution in [0.5, 0.6) is 0 Å². The zero-order valence-electron chi connectivity index (χ0n) is 27.9. The number of nitrogens with one attached hydrogen (secondary N) is 2. The first-order chi connectivity index (χ1) is 25.3. The standard InChI is InChI=1S/C48H34N2O/c1-4-14-31(15-5-1)36-26-27-37(40-23-13-12-22-39(36)40)35-28-42(46-41-25-24-32-16-10-11-21-38(32)47(41)51-45(46)29-35)44-30-43(33-17-6-2-7-18-33)49-48(50-44)34-19-8-3-9-20-34/h1-30,44,48-50H. The second-order valence-electron chi connectivity index (χ2n) is 13.4. The van der Waals surface area contributed by atoms with E-state index in [1.165, 1.54) is 44.0 Å². The molecule has 0 spiro atoms. The van der Waals surface area contributed by atoms with Gasteiger partial charge in [-0.15, -0.1) is 0 Å². The predicted octanol–water partition coefficient (Wildman–Crippen LogP) is 12.2. The first kappa shape index (κ1) is 29.5. The zero-order chi connectivity index (χ0) is 33.7. The fraction of sp³-hybridized carbons (Fsp3) is 0.0417. The molecule has 242 valence electrons. The lowest BCUT2D eigenvalue weighted by atomic mass is 9.88. The molecule has 0 aliphatic carbocycles. The van der Waals surface area contributed by atoms with Gasteiger partial charge in [0.15, 0.2) is 0 Å². The van der Waals surface area contributed by atoms with E-state index in [9.17, 15) is 0 Å². The minimum Gasteiger partial charge on any atom is -0.455 e. The van der Waals surface area contributed by atoms with Gasteiger partial charge in [-0.25, -0.2) is 0 Å². The van der Waals surface area contributed by atoms with Crippen molar-refractivity contribution >= 4 is 49.2 Å². The summed E-state index contributed by atoms with van der Waals surface area (Å²) in [5.74, 6) is 0. The van der Waals surface area contributed by atoms with Gasteiger partial charge in [0, 0.05) is 21.9 Å². The SMILES string of the molecule is C1=C(c2ccccc2)NC(c2ccccc2)NC1c1cc(-c2ccc(-c3ccccc3)c3ccccc23)cc2oc3c4ccccc4ccc3c12. The van der Waals surface area contributed by atoms with Gasteiger partial charge in [0.05, 0.1) is 6.04 Å². The average Bonchev–Trinajstić information content (AvgIpc) is 3.60. The third kappa shape index (κ3) is 5.10. The fourth-order valence-electron chi connectivity index (χ4n) is 7.93. The molecular weight excluding hydrogens is 621 g/mol. The second-order valence-corrected chi connectivity index (χ2v) is 13.4. The molecule has 0 amide bonds. The molecule has 3 heteroatoms. The molecule has 0 fully saturated rings. The quantitative estimate of drug-likeness (QED) is 0.194. The van der Waals surface area contributed by atoms with Crippen LogP contribution in [0.15, 0.2) is 186 Å². The molecule has 0 radical (unpaired) electrons. The van der Waals surface area contributed by atoms with Crippen molar-refractivity contribution in [3.63, 3.8) is 0 Å². The molecule has 2 unspecified atom stereocenters. The van der Waals surface area contributed by atoms with Crippen LogP contribution in [0, 0.1) is 0 Å². The predicted molar refractivity (Wildman–Crippen MR) is 212 cm³/mol. The van der Waals surface area contributed by atoms with Gasteiger partial charge in [-0.3, -0.25) is 5.32 Å². The van der Waals surface area contributed by atoms with E-state index in [0.717, 1.165) is 44.1 Å². The fourth-order valence-corrected chi connectivity index (χ4v) is 7.93. The third-order valence-electron chi connectivity index (χ3n) is 10.3. The van der Waals surface area contributed by atoms with Gasteiger partial charge >= 0.3 is 0 Å². The molecule has 1 aliphatic heterocycles. The highest BCUT2D eigenvalue weighted by Gasteiger charge is 2.28. The molecule has 0 saturated heterocycles. The molecule has 2 N–H and O–H groups in total. The number of furan rings is 1. The Labute approximate surface area is 296 Å². The first-order valence-electron chi connectivity index (χ1n) is 17.6. The van der Waals surface area contributed by atoms with Crippen molar-refractivity contribution < 1.29 is 4.42 Å². The van der Waals surface area contributed by atoms with E-state index in [1.807, 2.05) is 0 Å². The highest BCUT2D eigenvalue weighted by atomic mass is 16.3. The molecule has 0 bridgehead atoms. The van der Waals surface area contributed by atoms with Gasteiger partial charge < -0.3 is 9.73 Å². The molecule has 9 aromatic rings. The number of hydrogen-bond acceptors (Lipinski definition) is 3. The van der Waals surface area contributed by atoms with E-state index in [4.69, 9.17) is 4.42 Å². The maximum Gasteiger partial charge on any atom is 0.143 e. The van der Waals surface area contributed by atoms with Gasteiger partial charge in [0.25, 0.3) is 0 Å². The number of benzene rings is 8. The lowest BCUT2D eigenvalue weighted by Gasteiger charge is -2.33. The van der Waals surface area contributed by atoms with Crippen LogP contribution in [0.4, 0.5) is 0 Å². The Bertz CT molecular complexity index is 2750. The maximum atomic E-state index is 6.92. The summed E-state index contributed by atoms with van der Waals surface area (Å²) in [7, 11) is 0. The van der Waals surface area contributed by atoms with Gasteiger partial charge in [-0.2, -0.15) is 0 Å². The molecule has 3 nitrogen and oxygen atoms in total. The van der Waals surface area contributed by atoms with Crippen molar-refractivity contribution in [2.24, 2.45) is 0 Å². The Hall–Kier alpha value is -6.42.